The van der Waals surface area contributed by atoms with E-state index in [4.69, 9.17) is 16.3 Å². The van der Waals surface area contributed by atoms with Gasteiger partial charge in [0.1, 0.15) is 11.8 Å². The first-order valence-electron chi connectivity index (χ1n) is 10.3. The second kappa shape index (κ2) is 10.4. The molecule has 2 aromatic rings. The van der Waals surface area contributed by atoms with E-state index in [0.29, 0.717) is 21.2 Å². The van der Waals surface area contributed by atoms with E-state index < -0.39 is 16.0 Å². The van der Waals surface area contributed by atoms with Gasteiger partial charge in [0.2, 0.25) is 15.9 Å². The molecule has 32 heavy (non-hydrogen) atoms. The second-order valence-corrected chi connectivity index (χ2v) is 10.00. The molecule has 10 heteroatoms. The van der Waals surface area contributed by atoms with Gasteiger partial charge in [-0.3, -0.25) is 9.59 Å². The summed E-state index contributed by atoms with van der Waals surface area (Å²) in [5.74, 6) is -0.677. The predicted molar refractivity (Wildman–Crippen MR) is 120 cm³/mol. The SMILES string of the molecule is Cc1ccc(C)c(S(=O)(=O)N2CCN(C(=O)CCC(=O)OCc3ccc(Cl)nc3)CC2)c1. The van der Waals surface area contributed by atoms with Crippen LogP contribution in [0, 0.1) is 13.8 Å². The fraction of sp³-hybridized carbons (Fsp3) is 0.409. The molecular formula is C22H26ClN3O5S. The molecule has 0 atom stereocenters. The second-order valence-electron chi connectivity index (χ2n) is 7.70. The number of pyridine rings is 1. The minimum absolute atomic E-state index is 0.0153. The standard InChI is InChI=1S/C22H26ClN3O5S/c1-16-3-4-17(2)19(13-16)32(29,30)26-11-9-25(10-12-26)21(27)7-8-22(28)31-15-18-5-6-20(23)24-14-18/h3-6,13-14H,7-12,15H2,1-2H3. The van der Waals surface area contributed by atoms with E-state index in [1.807, 2.05) is 13.0 Å². The van der Waals surface area contributed by atoms with Crippen molar-refractivity contribution in [3.63, 3.8) is 0 Å². The van der Waals surface area contributed by atoms with E-state index in [9.17, 15) is 18.0 Å². The minimum atomic E-state index is -3.62. The molecule has 0 bridgehead atoms. The van der Waals surface area contributed by atoms with Crippen LogP contribution in [0.3, 0.4) is 0 Å². The molecule has 3 rings (SSSR count). The summed E-state index contributed by atoms with van der Waals surface area (Å²) in [7, 11) is -3.62. The monoisotopic (exact) mass is 479 g/mol. The Morgan fingerprint density at radius 1 is 1.06 bits per heavy atom. The Morgan fingerprint density at radius 2 is 1.78 bits per heavy atom. The minimum Gasteiger partial charge on any atom is -0.461 e. The van der Waals surface area contributed by atoms with Crippen LogP contribution in [-0.2, 0) is 31.0 Å². The lowest BCUT2D eigenvalue weighted by Crippen LogP contribution is -2.50. The maximum absolute atomic E-state index is 13.0. The maximum atomic E-state index is 13.0. The van der Waals surface area contributed by atoms with Crippen LogP contribution >= 0.6 is 11.6 Å². The molecule has 2 heterocycles. The summed E-state index contributed by atoms with van der Waals surface area (Å²) >= 11 is 5.71. The summed E-state index contributed by atoms with van der Waals surface area (Å²) < 4.78 is 32.6. The molecule has 172 valence electrons. The van der Waals surface area contributed by atoms with Gasteiger partial charge in [-0.15, -0.1) is 0 Å². The van der Waals surface area contributed by atoms with E-state index in [2.05, 4.69) is 4.98 Å². The molecule has 0 spiro atoms. The van der Waals surface area contributed by atoms with E-state index in [-0.39, 0.29) is 51.5 Å². The van der Waals surface area contributed by atoms with Crippen molar-refractivity contribution in [2.75, 3.05) is 26.2 Å². The Bertz CT molecular complexity index is 1080. The first kappa shape index (κ1) is 24.2. The number of amides is 1. The number of benzene rings is 1. The number of esters is 1. The largest absolute Gasteiger partial charge is 0.461 e. The molecule has 0 aliphatic carbocycles. The first-order valence-corrected chi connectivity index (χ1v) is 12.1. The molecule has 1 aliphatic rings. The number of hydrogen-bond acceptors (Lipinski definition) is 6. The molecule has 1 amide bonds. The molecule has 0 unspecified atom stereocenters. The normalized spacial score (nSPS) is 14.9. The van der Waals surface area contributed by atoms with Crippen molar-refractivity contribution in [1.82, 2.24) is 14.2 Å². The fourth-order valence-corrected chi connectivity index (χ4v) is 5.24. The van der Waals surface area contributed by atoms with E-state index in [1.165, 1.54) is 10.5 Å². The Morgan fingerprint density at radius 3 is 2.44 bits per heavy atom. The summed E-state index contributed by atoms with van der Waals surface area (Å²) in [5, 5.41) is 0.354. The third kappa shape index (κ3) is 6.05. The lowest BCUT2D eigenvalue weighted by molar-refractivity contribution is -0.147. The zero-order valence-corrected chi connectivity index (χ0v) is 19.7. The lowest BCUT2D eigenvalue weighted by Gasteiger charge is -2.34. The average Bonchev–Trinajstić information content (AvgIpc) is 2.78. The van der Waals surface area contributed by atoms with Gasteiger partial charge >= 0.3 is 5.97 Å². The number of aryl methyl sites for hydroxylation is 2. The molecule has 0 saturated carbocycles. The van der Waals surface area contributed by atoms with Gasteiger partial charge < -0.3 is 9.64 Å². The summed E-state index contributed by atoms with van der Waals surface area (Å²) in [6.45, 7) is 4.70. The average molecular weight is 480 g/mol. The highest BCUT2D eigenvalue weighted by molar-refractivity contribution is 7.89. The van der Waals surface area contributed by atoms with Crippen molar-refractivity contribution in [2.45, 2.75) is 38.2 Å². The first-order chi connectivity index (χ1) is 15.2. The fourth-order valence-electron chi connectivity index (χ4n) is 3.40. The summed E-state index contributed by atoms with van der Waals surface area (Å²) in [6.07, 6.45) is 1.49. The van der Waals surface area contributed by atoms with Crippen LogP contribution in [0.15, 0.2) is 41.4 Å². The van der Waals surface area contributed by atoms with Crippen molar-refractivity contribution in [1.29, 1.82) is 0 Å². The molecule has 0 N–H and O–H groups in total. The number of halogens is 1. The highest BCUT2D eigenvalue weighted by atomic mass is 35.5. The van der Waals surface area contributed by atoms with Crippen LogP contribution in [0.25, 0.3) is 0 Å². The van der Waals surface area contributed by atoms with Gasteiger partial charge in [0, 0.05) is 44.4 Å². The van der Waals surface area contributed by atoms with E-state index in [1.54, 1.807) is 36.1 Å². The summed E-state index contributed by atoms with van der Waals surface area (Å²) in [5.41, 5.74) is 2.28. The van der Waals surface area contributed by atoms with Crippen LogP contribution in [0.4, 0.5) is 0 Å². The summed E-state index contributed by atoms with van der Waals surface area (Å²) in [4.78, 5) is 30.2. The Hall–Kier alpha value is -2.49. The highest BCUT2D eigenvalue weighted by Crippen LogP contribution is 2.22. The highest BCUT2D eigenvalue weighted by Gasteiger charge is 2.31. The molecule has 1 aromatic heterocycles. The Balaban J connectivity index is 1.46. The quantitative estimate of drug-likeness (QED) is 0.447. The van der Waals surface area contributed by atoms with Crippen LogP contribution in [0.2, 0.25) is 5.15 Å². The van der Waals surface area contributed by atoms with Crippen LogP contribution in [0.5, 0.6) is 0 Å². The van der Waals surface area contributed by atoms with Crippen molar-refractivity contribution < 1.29 is 22.7 Å². The lowest BCUT2D eigenvalue weighted by atomic mass is 10.2. The van der Waals surface area contributed by atoms with Gasteiger partial charge in [-0.2, -0.15) is 4.31 Å². The molecule has 1 aliphatic heterocycles. The number of nitrogens with zero attached hydrogens (tertiary/aromatic N) is 3. The van der Waals surface area contributed by atoms with Crippen molar-refractivity contribution >= 4 is 33.5 Å². The van der Waals surface area contributed by atoms with Gasteiger partial charge in [-0.25, -0.2) is 13.4 Å². The van der Waals surface area contributed by atoms with E-state index >= 15 is 0 Å². The van der Waals surface area contributed by atoms with Gasteiger partial charge in [-0.05, 0) is 37.1 Å². The van der Waals surface area contributed by atoms with Gasteiger partial charge in [0.05, 0.1) is 11.3 Å². The zero-order chi connectivity index (χ0) is 23.3. The van der Waals surface area contributed by atoms with Crippen molar-refractivity contribution in [2.24, 2.45) is 0 Å². The summed E-state index contributed by atoms with van der Waals surface area (Å²) in [6, 6.07) is 8.66. The number of carbonyl (C=O) groups is 2. The maximum Gasteiger partial charge on any atom is 0.306 e. The molecule has 8 nitrogen and oxygen atoms in total. The number of sulfonamides is 1. The number of rotatable bonds is 7. The Kier molecular flexibility index (Phi) is 7.86. The Labute approximate surface area is 193 Å². The van der Waals surface area contributed by atoms with Crippen LogP contribution in [0.1, 0.15) is 29.5 Å². The van der Waals surface area contributed by atoms with Crippen molar-refractivity contribution in [3.05, 3.63) is 58.4 Å². The number of ether oxygens (including phenoxy) is 1. The van der Waals surface area contributed by atoms with Gasteiger partial charge in [0.25, 0.3) is 0 Å². The molecule has 1 aromatic carbocycles. The number of aromatic nitrogens is 1. The number of piperazine rings is 1. The van der Waals surface area contributed by atoms with Crippen molar-refractivity contribution in [3.8, 4) is 0 Å². The molecule has 1 saturated heterocycles. The number of carbonyl (C=O) groups excluding carboxylic acids is 2. The van der Waals surface area contributed by atoms with Crippen LogP contribution in [-0.4, -0.2) is 60.7 Å². The third-order valence-corrected chi connectivity index (χ3v) is 7.55. The van der Waals surface area contributed by atoms with Gasteiger partial charge in [-0.1, -0.05) is 29.8 Å². The van der Waals surface area contributed by atoms with Crippen LogP contribution < -0.4 is 0 Å². The molecule has 0 radical (unpaired) electrons. The zero-order valence-electron chi connectivity index (χ0n) is 18.1. The van der Waals surface area contributed by atoms with E-state index in [0.717, 1.165) is 5.56 Å². The van der Waals surface area contributed by atoms with Gasteiger partial charge in [0.15, 0.2) is 0 Å². The predicted octanol–water partition coefficient (Wildman–Crippen LogP) is 2.71. The molecule has 1 fully saturated rings. The smallest absolute Gasteiger partial charge is 0.306 e. The molecular weight excluding hydrogens is 454 g/mol. The topological polar surface area (TPSA) is 96.9 Å². The number of hydrogen-bond donors (Lipinski definition) is 0. The third-order valence-electron chi connectivity index (χ3n) is 5.28.